The molecule has 2 aromatic rings. The number of carbonyl (C=O) groups excluding carboxylic acids is 1. The summed E-state index contributed by atoms with van der Waals surface area (Å²) in [7, 11) is 0. The largest absolute Gasteiger partial charge is 0.376 e. The summed E-state index contributed by atoms with van der Waals surface area (Å²) < 4.78 is 11.7. The molecule has 2 aromatic heterocycles. The van der Waals surface area contributed by atoms with Crippen molar-refractivity contribution in [2.75, 3.05) is 43.5 Å². The number of carbonyl (C=O) groups is 1. The van der Waals surface area contributed by atoms with E-state index in [0.29, 0.717) is 54.2 Å². The second kappa shape index (κ2) is 10.1. The summed E-state index contributed by atoms with van der Waals surface area (Å²) in [5.41, 5.74) is 1.11. The van der Waals surface area contributed by atoms with Crippen LogP contribution in [0.25, 0.3) is 11.3 Å². The summed E-state index contributed by atoms with van der Waals surface area (Å²) in [5, 5.41) is 9.97. The third-order valence-electron chi connectivity index (χ3n) is 5.55. The predicted molar refractivity (Wildman–Crippen MR) is 125 cm³/mol. The second-order valence-electron chi connectivity index (χ2n) is 8.89. The van der Waals surface area contributed by atoms with Crippen molar-refractivity contribution in [3.05, 3.63) is 35.5 Å². The molecule has 0 spiro atoms. The van der Waals surface area contributed by atoms with E-state index < -0.39 is 0 Å². The molecule has 4 heterocycles. The maximum Gasteiger partial charge on any atom is 0.229 e. The molecule has 32 heavy (non-hydrogen) atoms. The molecule has 1 amide bonds. The Balaban J connectivity index is 1.43. The molecule has 0 aromatic carbocycles. The summed E-state index contributed by atoms with van der Waals surface area (Å²) in [6, 6.07) is 7.46. The lowest BCUT2D eigenvalue weighted by Crippen LogP contribution is -2.45. The molecule has 2 saturated heterocycles. The van der Waals surface area contributed by atoms with Crippen molar-refractivity contribution >= 4 is 29.1 Å². The zero-order chi connectivity index (χ0) is 22.6. The maximum absolute atomic E-state index is 12.6. The standard InChI is InChI=1S/C23H30ClN5O3/c1-23(2)14-31-13-16(32-23)11-26-20-7-3-6-19(28-20)17-9-21(27-12-18(17)24)29-22(30)15-5-4-8-25-10-15/h3,6-7,9,12,15-16,25H,4-5,8,10-11,13-14H2,1-2H3,(H,26,28)(H,27,29,30)/t15-,16?/m1/s1. The molecule has 3 N–H and O–H groups in total. The molecule has 0 radical (unpaired) electrons. The smallest absolute Gasteiger partial charge is 0.229 e. The number of hydrogen-bond donors (Lipinski definition) is 3. The van der Waals surface area contributed by atoms with Crippen LogP contribution in [0.4, 0.5) is 11.6 Å². The van der Waals surface area contributed by atoms with Crippen LogP contribution in [0.3, 0.4) is 0 Å². The van der Waals surface area contributed by atoms with Crippen LogP contribution in [0.1, 0.15) is 26.7 Å². The molecule has 2 aliphatic rings. The van der Waals surface area contributed by atoms with Crippen LogP contribution in [-0.4, -0.2) is 60.4 Å². The molecular weight excluding hydrogens is 430 g/mol. The summed E-state index contributed by atoms with van der Waals surface area (Å²) in [6.07, 6.45) is 3.37. The fraction of sp³-hybridized carbons (Fsp3) is 0.522. The van der Waals surface area contributed by atoms with Crippen LogP contribution in [0, 0.1) is 5.92 Å². The minimum atomic E-state index is -0.293. The fourth-order valence-electron chi connectivity index (χ4n) is 3.96. The first kappa shape index (κ1) is 22.9. The van der Waals surface area contributed by atoms with E-state index in [4.69, 9.17) is 26.1 Å². The SMILES string of the molecule is CC1(C)COCC(CNc2cccc(-c3cc(NC(=O)[C@@H]4CCCNC4)ncc3Cl)n2)O1. The van der Waals surface area contributed by atoms with E-state index in [1.165, 1.54) is 0 Å². The molecule has 0 bridgehead atoms. The first-order valence-corrected chi connectivity index (χ1v) is 11.4. The highest BCUT2D eigenvalue weighted by Gasteiger charge is 2.29. The zero-order valence-electron chi connectivity index (χ0n) is 18.5. The van der Waals surface area contributed by atoms with Gasteiger partial charge in [0.2, 0.25) is 5.91 Å². The van der Waals surface area contributed by atoms with Gasteiger partial charge in [0, 0.05) is 24.8 Å². The molecule has 0 saturated carbocycles. The number of amides is 1. The van der Waals surface area contributed by atoms with Crippen LogP contribution in [0.15, 0.2) is 30.5 Å². The van der Waals surface area contributed by atoms with Crippen molar-refractivity contribution in [3.63, 3.8) is 0 Å². The molecule has 2 aliphatic heterocycles. The summed E-state index contributed by atoms with van der Waals surface area (Å²) in [4.78, 5) is 21.5. The summed E-state index contributed by atoms with van der Waals surface area (Å²) >= 11 is 6.42. The van der Waals surface area contributed by atoms with E-state index in [2.05, 4.69) is 20.9 Å². The number of nitrogens with one attached hydrogen (secondary N) is 3. The molecule has 4 rings (SSSR count). The molecule has 9 heteroatoms. The van der Waals surface area contributed by atoms with Gasteiger partial charge in [-0.15, -0.1) is 0 Å². The molecule has 2 atom stereocenters. The van der Waals surface area contributed by atoms with Crippen LogP contribution < -0.4 is 16.0 Å². The monoisotopic (exact) mass is 459 g/mol. The van der Waals surface area contributed by atoms with E-state index in [1.807, 2.05) is 32.0 Å². The maximum atomic E-state index is 12.6. The van der Waals surface area contributed by atoms with Gasteiger partial charge in [0.25, 0.3) is 0 Å². The number of pyridine rings is 2. The minimum absolute atomic E-state index is 0.0287. The quantitative estimate of drug-likeness (QED) is 0.609. The number of aromatic nitrogens is 2. The van der Waals surface area contributed by atoms with Crippen molar-refractivity contribution in [3.8, 4) is 11.3 Å². The van der Waals surface area contributed by atoms with E-state index in [-0.39, 0.29) is 23.5 Å². The normalized spacial score (nSPS) is 22.8. The second-order valence-corrected chi connectivity index (χ2v) is 9.29. The third kappa shape index (κ3) is 5.95. The van der Waals surface area contributed by atoms with Crippen molar-refractivity contribution in [2.45, 2.75) is 38.4 Å². The zero-order valence-corrected chi connectivity index (χ0v) is 19.2. The van der Waals surface area contributed by atoms with Gasteiger partial charge in [-0.2, -0.15) is 0 Å². The first-order valence-electron chi connectivity index (χ1n) is 11.0. The number of ether oxygens (including phenoxy) is 2. The Morgan fingerprint density at radius 3 is 3.00 bits per heavy atom. The Kier molecular flexibility index (Phi) is 7.25. The fourth-order valence-corrected chi connectivity index (χ4v) is 4.16. The van der Waals surface area contributed by atoms with Gasteiger partial charge in [-0.1, -0.05) is 17.7 Å². The summed E-state index contributed by atoms with van der Waals surface area (Å²) in [5.74, 6) is 1.10. The van der Waals surface area contributed by atoms with Gasteiger partial charge in [-0.3, -0.25) is 4.79 Å². The highest BCUT2D eigenvalue weighted by molar-refractivity contribution is 6.33. The van der Waals surface area contributed by atoms with Crippen LogP contribution >= 0.6 is 11.6 Å². The Morgan fingerprint density at radius 2 is 2.22 bits per heavy atom. The molecule has 8 nitrogen and oxygen atoms in total. The molecule has 2 fully saturated rings. The topological polar surface area (TPSA) is 97.4 Å². The lowest BCUT2D eigenvalue weighted by Gasteiger charge is -2.36. The number of anilines is 2. The van der Waals surface area contributed by atoms with Crippen LogP contribution in [0.2, 0.25) is 5.02 Å². The Labute approximate surface area is 193 Å². The van der Waals surface area contributed by atoms with Gasteiger partial charge in [-0.25, -0.2) is 9.97 Å². The van der Waals surface area contributed by atoms with E-state index in [1.54, 1.807) is 12.3 Å². The predicted octanol–water partition coefficient (Wildman–Crippen LogP) is 3.34. The van der Waals surface area contributed by atoms with Gasteiger partial charge in [0.15, 0.2) is 0 Å². The first-order chi connectivity index (χ1) is 15.4. The summed E-state index contributed by atoms with van der Waals surface area (Å²) in [6.45, 7) is 7.41. The van der Waals surface area contributed by atoms with Crippen LogP contribution in [0.5, 0.6) is 0 Å². The van der Waals surface area contributed by atoms with Gasteiger partial charge in [-0.05, 0) is 51.4 Å². The number of hydrogen-bond acceptors (Lipinski definition) is 7. The highest BCUT2D eigenvalue weighted by Crippen LogP contribution is 2.29. The molecule has 0 aliphatic carbocycles. The van der Waals surface area contributed by atoms with Gasteiger partial charge >= 0.3 is 0 Å². The average Bonchev–Trinajstić information content (AvgIpc) is 2.79. The lowest BCUT2D eigenvalue weighted by molar-refractivity contribution is -0.177. The number of halogens is 1. The van der Waals surface area contributed by atoms with Crippen molar-refractivity contribution in [1.82, 2.24) is 15.3 Å². The van der Waals surface area contributed by atoms with Gasteiger partial charge < -0.3 is 25.4 Å². The number of piperidine rings is 1. The van der Waals surface area contributed by atoms with E-state index >= 15 is 0 Å². The van der Waals surface area contributed by atoms with E-state index in [0.717, 1.165) is 19.4 Å². The van der Waals surface area contributed by atoms with E-state index in [9.17, 15) is 4.79 Å². The lowest BCUT2D eigenvalue weighted by atomic mass is 9.99. The number of nitrogens with zero attached hydrogens (tertiary/aromatic N) is 2. The molecule has 172 valence electrons. The Morgan fingerprint density at radius 1 is 1.34 bits per heavy atom. The van der Waals surface area contributed by atoms with Gasteiger partial charge in [0.1, 0.15) is 11.6 Å². The Hall–Kier alpha value is -2.26. The van der Waals surface area contributed by atoms with Crippen molar-refractivity contribution < 1.29 is 14.3 Å². The third-order valence-corrected chi connectivity index (χ3v) is 5.85. The van der Waals surface area contributed by atoms with Crippen molar-refractivity contribution in [2.24, 2.45) is 5.92 Å². The number of rotatable bonds is 6. The molecular formula is C23H30ClN5O3. The molecule has 1 unspecified atom stereocenters. The van der Waals surface area contributed by atoms with Crippen molar-refractivity contribution in [1.29, 1.82) is 0 Å². The average molecular weight is 460 g/mol. The Bertz CT molecular complexity index is 949. The minimum Gasteiger partial charge on any atom is -0.376 e. The van der Waals surface area contributed by atoms with Crippen LogP contribution in [-0.2, 0) is 14.3 Å². The highest BCUT2D eigenvalue weighted by atomic mass is 35.5. The van der Waals surface area contributed by atoms with Gasteiger partial charge in [0.05, 0.1) is 41.6 Å².